The molecule has 7 heteroatoms. The summed E-state index contributed by atoms with van der Waals surface area (Å²) in [6.45, 7) is 8.07. The normalized spacial score (nSPS) is 24.3. The van der Waals surface area contributed by atoms with Crippen molar-refractivity contribution in [2.45, 2.75) is 64.8 Å². The Balaban J connectivity index is 1.64. The Bertz CT molecular complexity index is 516. The van der Waals surface area contributed by atoms with Gasteiger partial charge >= 0.3 is 0 Å². The van der Waals surface area contributed by atoms with Crippen LogP contribution in [0.4, 0.5) is 0 Å². The Morgan fingerprint density at radius 1 is 1.12 bits per heavy atom. The van der Waals surface area contributed by atoms with Gasteiger partial charge in [0, 0.05) is 38.1 Å². The molecule has 2 heterocycles. The van der Waals surface area contributed by atoms with Gasteiger partial charge in [-0.3, -0.25) is 4.79 Å². The first-order valence-electron chi connectivity index (χ1n) is 9.93. The van der Waals surface area contributed by atoms with Crippen LogP contribution >= 0.6 is 0 Å². The van der Waals surface area contributed by atoms with Gasteiger partial charge in [0.05, 0.1) is 5.75 Å². The second-order valence-corrected chi connectivity index (χ2v) is 9.60. The molecule has 0 radical (unpaired) electrons. The maximum atomic E-state index is 12.3. The fourth-order valence-corrected chi connectivity index (χ4v) is 5.45. The van der Waals surface area contributed by atoms with Crippen LogP contribution in [0.25, 0.3) is 0 Å². The molecule has 0 aromatic carbocycles. The first-order chi connectivity index (χ1) is 11.9. The number of piperidine rings is 2. The smallest absolute Gasteiger partial charge is 0.223 e. The molecule has 0 saturated carbocycles. The summed E-state index contributed by atoms with van der Waals surface area (Å²) in [4.78, 5) is 14.8. The van der Waals surface area contributed by atoms with Crippen LogP contribution in [0, 0.1) is 5.92 Å². The molecule has 6 nitrogen and oxygen atoms in total. The van der Waals surface area contributed by atoms with Gasteiger partial charge in [-0.1, -0.05) is 13.3 Å². The molecule has 0 aliphatic carbocycles. The van der Waals surface area contributed by atoms with E-state index in [-0.39, 0.29) is 17.6 Å². The van der Waals surface area contributed by atoms with Crippen molar-refractivity contribution in [1.29, 1.82) is 0 Å². The van der Waals surface area contributed by atoms with Crippen molar-refractivity contribution in [3.8, 4) is 0 Å². The molecule has 25 heavy (non-hydrogen) atoms. The van der Waals surface area contributed by atoms with E-state index in [1.807, 2.05) is 6.92 Å². The maximum absolute atomic E-state index is 12.3. The molecule has 146 valence electrons. The van der Waals surface area contributed by atoms with E-state index >= 15 is 0 Å². The molecule has 0 spiro atoms. The Morgan fingerprint density at radius 3 is 2.48 bits per heavy atom. The topological polar surface area (TPSA) is 69.7 Å². The number of nitrogens with one attached hydrogen (secondary N) is 1. The van der Waals surface area contributed by atoms with Gasteiger partial charge in [0.1, 0.15) is 0 Å². The zero-order valence-electron chi connectivity index (χ0n) is 15.9. The first kappa shape index (κ1) is 20.6. The number of carbonyl (C=O) groups excluding carboxylic acids is 1. The Hall–Kier alpha value is -0.660. The van der Waals surface area contributed by atoms with Crippen molar-refractivity contribution in [2.75, 3.05) is 38.5 Å². The number of hydrogen-bond acceptors (Lipinski definition) is 4. The monoisotopic (exact) mass is 373 g/mol. The lowest BCUT2D eigenvalue weighted by molar-refractivity contribution is -0.126. The molecule has 1 amide bonds. The quantitative estimate of drug-likeness (QED) is 0.659. The van der Waals surface area contributed by atoms with Crippen LogP contribution < -0.4 is 5.32 Å². The van der Waals surface area contributed by atoms with Crippen LogP contribution in [0.1, 0.15) is 58.8 Å². The van der Waals surface area contributed by atoms with E-state index in [9.17, 15) is 13.2 Å². The minimum atomic E-state index is -3.13. The fourth-order valence-electron chi connectivity index (χ4n) is 3.91. The Kier molecular flexibility index (Phi) is 8.16. The van der Waals surface area contributed by atoms with E-state index in [4.69, 9.17) is 0 Å². The van der Waals surface area contributed by atoms with Gasteiger partial charge in [0.2, 0.25) is 15.9 Å². The van der Waals surface area contributed by atoms with Crippen molar-refractivity contribution in [2.24, 2.45) is 5.92 Å². The van der Waals surface area contributed by atoms with Crippen LogP contribution in [0.5, 0.6) is 0 Å². The SMILES string of the molecule is CCCS(=O)(=O)N1CCC(C(=O)NCCCN2CCCC[C@@H]2C)CC1. The molecule has 2 saturated heterocycles. The lowest BCUT2D eigenvalue weighted by Crippen LogP contribution is -2.44. The van der Waals surface area contributed by atoms with Crippen molar-refractivity contribution >= 4 is 15.9 Å². The van der Waals surface area contributed by atoms with E-state index in [1.165, 1.54) is 25.8 Å². The number of hydrogen-bond donors (Lipinski definition) is 1. The van der Waals surface area contributed by atoms with E-state index in [0.717, 1.165) is 19.5 Å². The Morgan fingerprint density at radius 2 is 1.84 bits per heavy atom. The summed E-state index contributed by atoms with van der Waals surface area (Å²) in [5.41, 5.74) is 0. The second-order valence-electron chi connectivity index (χ2n) is 7.51. The second kappa shape index (κ2) is 9.88. The largest absolute Gasteiger partial charge is 0.356 e. The van der Waals surface area contributed by atoms with Crippen LogP contribution in [0.2, 0.25) is 0 Å². The highest BCUT2D eigenvalue weighted by molar-refractivity contribution is 7.89. The number of amides is 1. The lowest BCUT2D eigenvalue weighted by atomic mass is 9.97. The highest BCUT2D eigenvalue weighted by Gasteiger charge is 2.30. The van der Waals surface area contributed by atoms with Crippen LogP contribution in [0.15, 0.2) is 0 Å². The summed E-state index contributed by atoms with van der Waals surface area (Å²) in [7, 11) is -3.13. The summed E-state index contributed by atoms with van der Waals surface area (Å²) in [5.74, 6) is 0.264. The number of carbonyl (C=O) groups is 1. The molecular weight excluding hydrogens is 338 g/mol. The number of likely N-dealkylation sites (tertiary alicyclic amines) is 1. The molecule has 1 atom stereocenters. The average molecular weight is 374 g/mol. The van der Waals surface area contributed by atoms with E-state index in [2.05, 4.69) is 17.1 Å². The molecule has 2 aliphatic heterocycles. The van der Waals surface area contributed by atoms with Gasteiger partial charge in [-0.15, -0.1) is 0 Å². The number of nitrogens with zero attached hydrogens (tertiary/aromatic N) is 2. The third-order valence-corrected chi connectivity index (χ3v) is 7.62. The van der Waals surface area contributed by atoms with Crippen molar-refractivity contribution < 1.29 is 13.2 Å². The first-order valence-corrected chi connectivity index (χ1v) is 11.5. The highest BCUT2D eigenvalue weighted by Crippen LogP contribution is 2.20. The summed E-state index contributed by atoms with van der Waals surface area (Å²) in [5, 5.41) is 3.05. The summed E-state index contributed by atoms with van der Waals surface area (Å²) >= 11 is 0. The maximum Gasteiger partial charge on any atom is 0.223 e. The molecule has 1 N–H and O–H groups in total. The van der Waals surface area contributed by atoms with Crippen molar-refractivity contribution in [3.05, 3.63) is 0 Å². The van der Waals surface area contributed by atoms with Gasteiger partial charge in [-0.25, -0.2) is 12.7 Å². The molecule has 0 aromatic heterocycles. The van der Waals surface area contributed by atoms with Crippen LogP contribution in [-0.2, 0) is 14.8 Å². The predicted octanol–water partition coefficient (Wildman–Crippen LogP) is 1.82. The predicted molar refractivity (Wildman–Crippen MR) is 101 cm³/mol. The van der Waals surface area contributed by atoms with Crippen molar-refractivity contribution in [1.82, 2.24) is 14.5 Å². The molecule has 0 aromatic rings. The van der Waals surface area contributed by atoms with Crippen molar-refractivity contribution in [3.63, 3.8) is 0 Å². The molecule has 2 aliphatic rings. The minimum absolute atomic E-state index is 0.0398. The standard InChI is InChI=1S/C18H35N3O3S/c1-3-15-25(23,24)21-13-8-17(9-14-21)18(22)19-10-6-12-20-11-5-4-7-16(20)2/h16-17H,3-15H2,1-2H3,(H,19,22)/t16-/m0/s1. The van der Waals surface area contributed by atoms with Gasteiger partial charge in [0.25, 0.3) is 0 Å². The van der Waals surface area contributed by atoms with Gasteiger partial charge in [-0.05, 0) is 52.0 Å². The zero-order chi connectivity index (χ0) is 18.3. The highest BCUT2D eigenvalue weighted by atomic mass is 32.2. The van der Waals surface area contributed by atoms with Crippen LogP contribution in [0.3, 0.4) is 0 Å². The van der Waals surface area contributed by atoms with E-state index < -0.39 is 10.0 Å². The van der Waals surface area contributed by atoms with E-state index in [0.29, 0.717) is 38.4 Å². The molecule has 2 rings (SSSR count). The minimum Gasteiger partial charge on any atom is -0.356 e. The third kappa shape index (κ3) is 6.22. The number of rotatable bonds is 8. The van der Waals surface area contributed by atoms with Gasteiger partial charge in [-0.2, -0.15) is 0 Å². The number of sulfonamides is 1. The van der Waals surface area contributed by atoms with Crippen LogP contribution in [-0.4, -0.2) is 68.0 Å². The summed E-state index contributed by atoms with van der Waals surface area (Å²) in [6.07, 6.45) is 6.80. The lowest BCUT2D eigenvalue weighted by Gasteiger charge is -2.33. The molecule has 0 unspecified atom stereocenters. The summed E-state index contributed by atoms with van der Waals surface area (Å²) in [6, 6.07) is 0.666. The summed E-state index contributed by atoms with van der Waals surface area (Å²) < 4.78 is 25.7. The average Bonchev–Trinajstić information content (AvgIpc) is 2.60. The zero-order valence-corrected chi connectivity index (χ0v) is 16.7. The molecule has 0 bridgehead atoms. The van der Waals surface area contributed by atoms with Gasteiger partial charge in [0.15, 0.2) is 0 Å². The Labute approximate surface area is 153 Å². The molecule has 2 fully saturated rings. The van der Waals surface area contributed by atoms with E-state index in [1.54, 1.807) is 4.31 Å². The fraction of sp³-hybridized carbons (Fsp3) is 0.944. The van der Waals surface area contributed by atoms with Gasteiger partial charge < -0.3 is 10.2 Å². The molecular formula is C18H35N3O3S. The third-order valence-electron chi connectivity index (χ3n) is 5.54.